The first kappa shape index (κ1) is 24.5. The summed E-state index contributed by atoms with van der Waals surface area (Å²) in [6.45, 7) is 4.71. The summed E-state index contributed by atoms with van der Waals surface area (Å²) in [5.41, 5.74) is 1.66. The van der Waals surface area contributed by atoms with E-state index in [0.717, 1.165) is 47.9 Å². The van der Waals surface area contributed by atoms with Gasteiger partial charge in [0.05, 0.1) is 22.9 Å². The van der Waals surface area contributed by atoms with Gasteiger partial charge < -0.3 is 14.7 Å². The summed E-state index contributed by atoms with van der Waals surface area (Å²) >= 11 is 1.55. The number of benzene rings is 2. The zero-order valence-corrected chi connectivity index (χ0v) is 19.9. The summed E-state index contributed by atoms with van der Waals surface area (Å²) in [5, 5.41) is 8.87. The van der Waals surface area contributed by atoms with Crippen molar-refractivity contribution in [2.75, 3.05) is 17.2 Å². The van der Waals surface area contributed by atoms with Crippen LogP contribution in [0.5, 0.6) is 5.75 Å². The second-order valence-corrected chi connectivity index (χ2v) is 10.5. The summed E-state index contributed by atoms with van der Waals surface area (Å²) in [6.07, 6.45) is 4.79. The highest BCUT2D eigenvalue weighted by Crippen LogP contribution is 2.55. The van der Waals surface area contributed by atoms with E-state index in [0.29, 0.717) is 22.9 Å². The van der Waals surface area contributed by atoms with Crippen LogP contribution >= 0.6 is 22.5 Å². The van der Waals surface area contributed by atoms with Crippen LogP contribution in [0.25, 0.3) is 0 Å². The molecular formula is C23H30N2O5S2. The van der Waals surface area contributed by atoms with E-state index < -0.39 is 16.7 Å². The number of para-hydroxylation sites is 1. The number of fused-ring (bicyclic) bond motifs is 1. The van der Waals surface area contributed by atoms with Crippen molar-refractivity contribution in [1.29, 1.82) is 0 Å². The number of carboxylic acids is 1. The molecule has 2 aromatic rings. The molecule has 4 N–H and O–H groups in total. The third-order valence-corrected chi connectivity index (χ3v) is 7.56. The van der Waals surface area contributed by atoms with Gasteiger partial charge in [0, 0.05) is 24.3 Å². The normalized spacial score (nSPS) is 18.8. The maximum Gasteiger partial charge on any atom is 0.331 e. The predicted molar refractivity (Wildman–Crippen MR) is 131 cm³/mol. The lowest BCUT2D eigenvalue weighted by Gasteiger charge is -2.35. The molecule has 0 amide bonds. The maximum atomic E-state index is 11.1. The Morgan fingerprint density at radius 3 is 2.69 bits per heavy atom. The number of aliphatic carboxylic acids is 1. The lowest BCUT2D eigenvalue weighted by Crippen LogP contribution is -2.37. The van der Waals surface area contributed by atoms with Gasteiger partial charge in [-0.3, -0.25) is 9.11 Å². The summed E-state index contributed by atoms with van der Waals surface area (Å²) in [7, 11) is -3.32. The number of nitrogens with one attached hydrogen (secondary N) is 1. The second-order valence-electron chi connectivity index (χ2n) is 7.41. The van der Waals surface area contributed by atoms with Gasteiger partial charge in [-0.1, -0.05) is 44.9 Å². The quantitative estimate of drug-likeness (QED) is 0.195. The Kier molecular flexibility index (Phi) is 8.50. The van der Waals surface area contributed by atoms with E-state index in [1.165, 1.54) is 0 Å². The molecule has 2 aromatic carbocycles. The average molecular weight is 479 g/mol. The number of anilines is 2. The van der Waals surface area contributed by atoms with E-state index in [2.05, 4.69) is 16.5 Å². The Bertz CT molecular complexity index is 953. The molecular weight excluding hydrogens is 448 g/mol. The zero-order chi connectivity index (χ0) is 23.1. The van der Waals surface area contributed by atoms with Crippen molar-refractivity contribution in [1.82, 2.24) is 4.72 Å². The highest BCUT2D eigenvalue weighted by atomic mass is 32.3. The fourth-order valence-electron chi connectivity index (χ4n) is 3.60. The Morgan fingerprint density at radius 1 is 1.28 bits per heavy atom. The lowest BCUT2D eigenvalue weighted by molar-refractivity contribution is -0.131. The third kappa shape index (κ3) is 5.99. The molecule has 0 spiro atoms. The first-order chi connectivity index (χ1) is 15.4. The molecule has 0 fully saturated rings. The molecule has 0 aliphatic carbocycles. The minimum Gasteiger partial charge on any atom is -0.478 e. The fraction of sp³-hybridized carbons (Fsp3) is 0.348. The van der Waals surface area contributed by atoms with Crippen LogP contribution in [0, 0.1) is 0 Å². The van der Waals surface area contributed by atoms with Crippen molar-refractivity contribution in [3.05, 3.63) is 54.8 Å². The molecule has 0 bridgehead atoms. The molecule has 9 heteroatoms. The van der Waals surface area contributed by atoms with Gasteiger partial charge >= 0.3 is 5.97 Å². The highest BCUT2D eigenvalue weighted by Gasteiger charge is 2.33. The third-order valence-electron chi connectivity index (χ3n) is 5.04. The Morgan fingerprint density at radius 2 is 2.03 bits per heavy atom. The van der Waals surface area contributed by atoms with Crippen molar-refractivity contribution in [2.24, 2.45) is 0 Å². The van der Waals surface area contributed by atoms with E-state index in [1.807, 2.05) is 43.3 Å². The highest BCUT2D eigenvalue weighted by molar-refractivity contribution is 8.22. The number of ether oxygens (including phenoxy) is 1. The molecule has 0 aromatic heterocycles. The van der Waals surface area contributed by atoms with Gasteiger partial charge in [-0.2, -0.15) is 0 Å². The molecule has 1 aliphatic rings. The van der Waals surface area contributed by atoms with Crippen LogP contribution in [-0.4, -0.2) is 38.5 Å². The topological polar surface area (TPSA) is 102 Å². The van der Waals surface area contributed by atoms with Crippen LogP contribution in [0.15, 0.2) is 64.6 Å². The monoisotopic (exact) mass is 478 g/mol. The molecule has 1 heterocycles. The van der Waals surface area contributed by atoms with Gasteiger partial charge in [-0.15, -0.1) is 22.5 Å². The Balaban J connectivity index is 2.14. The van der Waals surface area contributed by atoms with Gasteiger partial charge in [0.2, 0.25) is 0 Å². The summed E-state index contributed by atoms with van der Waals surface area (Å²) < 4.78 is 30.9. The number of rotatable bonds is 9. The zero-order valence-electron chi connectivity index (χ0n) is 18.2. The molecule has 1 aliphatic heterocycles. The first-order valence-electron chi connectivity index (χ1n) is 10.6. The minimum absolute atomic E-state index is 0.119. The van der Waals surface area contributed by atoms with E-state index >= 15 is 0 Å². The van der Waals surface area contributed by atoms with E-state index in [9.17, 15) is 13.9 Å². The molecule has 1 unspecified atom stereocenters. The maximum absolute atomic E-state index is 11.1. The van der Waals surface area contributed by atoms with Crippen LogP contribution < -0.4 is 14.4 Å². The number of unbranched alkanes of at least 4 members (excludes halogenated alkanes) is 1. The van der Waals surface area contributed by atoms with Crippen LogP contribution in [0.3, 0.4) is 0 Å². The van der Waals surface area contributed by atoms with Crippen LogP contribution in [0.2, 0.25) is 0 Å². The molecule has 0 saturated heterocycles. The number of nitrogens with zero attached hydrogens (tertiary/aromatic N) is 1. The van der Waals surface area contributed by atoms with Gasteiger partial charge in [0.25, 0.3) is 0 Å². The van der Waals surface area contributed by atoms with Crippen molar-refractivity contribution >= 4 is 39.9 Å². The van der Waals surface area contributed by atoms with Crippen LogP contribution in [0.4, 0.5) is 11.4 Å². The van der Waals surface area contributed by atoms with Gasteiger partial charge in [-0.25, -0.2) is 9.52 Å². The van der Waals surface area contributed by atoms with Crippen molar-refractivity contribution in [3.8, 4) is 5.75 Å². The number of hydrogen-bond donors (Lipinski definition) is 4. The minimum atomic E-state index is -3.32. The molecule has 174 valence electrons. The van der Waals surface area contributed by atoms with Gasteiger partial charge in [0.15, 0.2) is 0 Å². The lowest BCUT2D eigenvalue weighted by atomic mass is 10.1. The first-order valence-corrected chi connectivity index (χ1v) is 13.1. The van der Waals surface area contributed by atoms with Crippen LogP contribution in [0.1, 0.15) is 33.1 Å². The summed E-state index contributed by atoms with van der Waals surface area (Å²) in [5.74, 6) is 0.0378. The standard InChI is InChI=1S/C23H30N2O5S2/c1-3-5-9-17-16-25(18-10-7-6-8-11-18)19-14-21(31-4-2)20(30-13-12-23(26)27)15-22(19)32(28,29)24-17/h6-8,10-15,17,24,28-29H,3-5,9,16H2,1-2H3,(H,26,27)/b13-12+. The van der Waals surface area contributed by atoms with Crippen molar-refractivity contribution in [2.45, 2.75) is 48.9 Å². The SMILES string of the molecule is CCCCC1CN(c2ccccc2)c2cc(SCC)c(O/C=C/C(=O)O)cc2S(O)(O)N1. The molecule has 1 atom stereocenters. The van der Waals surface area contributed by atoms with E-state index in [-0.39, 0.29) is 6.04 Å². The summed E-state index contributed by atoms with van der Waals surface area (Å²) in [4.78, 5) is 14.1. The van der Waals surface area contributed by atoms with Crippen molar-refractivity contribution in [3.63, 3.8) is 0 Å². The van der Waals surface area contributed by atoms with Gasteiger partial charge in [-0.05, 0) is 30.4 Å². The summed E-state index contributed by atoms with van der Waals surface area (Å²) in [6, 6.07) is 13.3. The van der Waals surface area contributed by atoms with E-state index in [4.69, 9.17) is 9.84 Å². The number of thioether (sulfide) groups is 1. The van der Waals surface area contributed by atoms with E-state index in [1.54, 1.807) is 17.8 Å². The molecule has 7 nitrogen and oxygen atoms in total. The van der Waals surface area contributed by atoms with Crippen molar-refractivity contribution < 1.29 is 23.7 Å². The molecule has 3 rings (SSSR count). The molecule has 32 heavy (non-hydrogen) atoms. The number of carbonyl (C=O) groups is 1. The number of hydrogen-bond acceptors (Lipinski definition) is 7. The van der Waals surface area contributed by atoms with Gasteiger partial charge in [0.1, 0.15) is 10.6 Å². The molecule has 0 saturated carbocycles. The smallest absolute Gasteiger partial charge is 0.331 e. The Hall–Kier alpha value is -2.17. The Labute approximate surface area is 195 Å². The number of carboxylic acid groups (broad SMARTS) is 1. The van der Waals surface area contributed by atoms with Crippen LogP contribution in [-0.2, 0) is 4.79 Å². The predicted octanol–water partition coefficient (Wildman–Crippen LogP) is 6.10. The second kappa shape index (κ2) is 11.1. The average Bonchev–Trinajstić information content (AvgIpc) is 2.86. The fourth-order valence-corrected chi connectivity index (χ4v) is 5.87. The molecule has 0 radical (unpaired) electrons. The largest absolute Gasteiger partial charge is 0.478 e.